The number of ether oxygens (including phenoxy) is 1. The molecule has 96 valence electrons. The monoisotopic (exact) mass is 257 g/mol. The molecule has 0 aromatic heterocycles. The normalized spacial score (nSPS) is 11.6. The number of methoxy groups -OCH3 is 1. The summed E-state index contributed by atoms with van der Waals surface area (Å²) in [5, 5.41) is 0. The smallest absolute Gasteiger partial charge is 0.240 e. The van der Waals surface area contributed by atoms with Gasteiger partial charge >= 0.3 is 0 Å². The lowest BCUT2D eigenvalue weighted by Crippen LogP contribution is -2.25. The van der Waals surface area contributed by atoms with Crippen LogP contribution >= 0.6 is 0 Å². The van der Waals surface area contributed by atoms with Gasteiger partial charge in [-0.15, -0.1) is 0 Å². The molecule has 0 spiro atoms. The van der Waals surface area contributed by atoms with Crippen molar-refractivity contribution >= 4 is 10.0 Å². The van der Waals surface area contributed by atoms with Crippen molar-refractivity contribution < 1.29 is 13.2 Å². The van der Waals surface area contributed by atoms with Gasteiger partial charge in [-0.05, 0) is 30.5 Å². The van der Waals surface area contributed by atoms with E-state index in [0.717, 1.165) is 12.0 Å². The van der Waals surface area contributed by atoms with Crippen molar-refractivity contribution in [3.63, 3.8) is 0 Å². The number of sulfonamides is 1. The van der Waals surface area contributed by atoms with E-state index in [1.54, 1.807) is 19.2 Å². The van der Waals surface area contributed by atoms with Crippen molar-refractivity contribution in [1.29, 1.82) is 0 Å². The van der Waals surface area contributed by atoms with Gasteiger partial charge in [0.1, 0.15) is 0 Å². The van der Waals surface area contributed by atoms with Crippen LogP contribution in [0.1, 0.15) is 18.9 Å². The Morgan fingerprint density at radius 1 is 1.24 bits per heavy atom. The second-order valence-corrected chi connectivity index (χ2v) is 5.51. The highest BCUT2D eigenvalue weighted by molar-refractivity contribution is 7.89. The van der Waals surface area contributed by atoms with Gasteiger partial charge in [0.05, 0.1) is 4.90 Å². The van der Waals surface area contributed by atoms with Crippen molar-refractivity contribution in [2.24, 2.45) is 0 Å². The van der Waals surface area contributed by atoms with E-state index in [1.165, 1.54) is 0 Å². The zero-order chi connectivity index (χ0) is 12.7. The standard InChI is InChI=1S/C12H19NO3S/c1-3-11-5-7-12(8-6-11)17(14,15)13-9-4-10-16-2/h5-8,13H,3-4,9-10H2,1-2H3. The number of rotatable bonds is 7. The Labute approximate surface area is 103 Å². The molecule has 0 aliphatic rings. The lowest BCUT2D eigenvalue weighted by atomic mass is 10.2. The summed E-state index contributed by atoms with van der Waals surface area (Å²) in [6.07, 6.45) is 1.57. The number of benzene rings is 1. The maximum atomic E-state index is 11.8. The first-order valence-electron chi connectivity index (χ1n) is 5.67. The van der Waals surface area contributed by atoms with Crippen LogP contribution in [0.25, 0.3) is 0 Å². The third-order valence-electron chi connectivity index (χ3n) is 2.46. The predicted octanol–water partition coefficient (Wildman–Crippen LogP) is 1.56. The average Bonchev–Trinajstić information content (AvgIpc) is 2.35. The molecule has 1 rings (SSSR count). The summed E-state index contributed by atoms with van der Waals surface area (Å²) in [4.78, 5) is 0.312. The largest absolute Gasteiger partial charge is 0.385 e. The first-order valence-corrected chi connectivity index (χ1v) is 7.16. The van der Waals surface area contributed by atoms with Crippen molar-refractivity contribution in [2.45, 2.75) is 24.7 Å². The van der Waals surface area contributed by atoms with Crippen LogP contribution < -0.4 is 4.72 Å². The number of aryl methyl sites for hydroxylation is 1. The van der Waals surface area contributed by atoms with Gasteiger partial charge in [0.25, 0.3) is 0 Å². The predicted molar refractivity (Wildman–Crippen MR) is 67.5 cm³/mol. The van der Waals surface area contributed by atoms with Crippen LogP contribution in [0.4, 0.5) is 0 Å². The Hall–Kier alpha value is -0.910. The minimum Gasteiger partial charge on any atom is -0.385 e. The number of hydrogen-bond acceptors (Lipinski definition) is 3. The molecule has 0 saturated carbocycles. The van der Waals surface area contributed by atoms with Crippen LogP contribution in [0.15, 0.2) is 29.2 Å². The van der Waals surface area contributed by atoms with Crippen molar-refractivity contribution in [3.8, 4) is 0 Å². The molecular formula is C12H19NO3S. The summed E-state index contributed by atoms with van der Waals surface area (Å²) in [5.74, 6) is 0. The van der Waals surface area contributed by atoms with E-state index >= 15 is 0 Å². The van der Waals surface area contributed by atoms with Crippen LogP contribution in [0.2, 0.25) is 0 Å². The van der Waals surface area contributed by atoms with E-state index in [9.17, 15) is 8.42 Å². The molecule has 0 atom stereocenters. The topological polar surface area (TPSA) is 55.4 Å². The van der Waals surface area contributed by atoms with Gasteiger partial charge in [-0.25, -0.2) is 13.1 Å². The quantitative estimate of drug-likeness (QED) is 0.754. The van der Waals surface area contributed by atoms with E-state index in [2.05, 4.69) is 4.72 Å². The second-order valence-electron chi connectivity index (χ2n) is 3.74. The van der Waals surface area contributed by atoms with Gasteiger partial charge in [0.15, 0.2) is 0 Å². The molecule has 1 aromatic carbocycles. The van der Waals surface area contributed by atoms with E-state index in [-0.39, 0.29) is 0 Å². The van der Waals surface area contributed by atoms with Crippen molar-refractivity contribution in [2.75, 3.05) is 20.3 Å². The Kier molecular flexibility index (Phi) is 5.61. The Balaban J connectivity index is 2.62. The van der Waals surface area contributed by atoms with Gasteiger partial charge in [0, 0.05) is 20.3 Å². The Bertz CT molecular complexity index is 426. The third kappa shape index (κ3) is 4.46. The zero-order valence-corrected chi connectivity index (χ0v) is 11.1. The maximum absolute atomic E-state index is 11.8. The molecule has 1 aromatic rings. The SMILES string of the molecule is CCc1ccc(S(=O)(=O)NCCCOC)cc1. The molecule has 0 aliphatic heterocycles. The van der Waals surface area contributed by atoms with Crippen LogP contribution in [-0.4, -0.2) is 28.7 Å². The van der Waals surface area contributed by atoms with Gasteiger partial charge in [-0.1, -0.05) is 19.1 Å². The first kappa shape index (κ1) is 14.2. The van der Waals surface area contributed by atoms with Crippen LogP contribution in [0, 0.1) is 0 Å². The average molecular weight is 257 g/mol. The van der Waals surface area contributed by atoms with Crippen LogP contribution in [-0.2, 0) is 21.2 Å². The van der Waals surface area contributed by atoms with Gasteiger partial charge < -0.3 is 4.74 Å². The molecule has 17 heavy (non-hydrogen) atoms. The minimum atomic E-state index is -3.37. The Morgan fingerprint density at radius 3 is 2.41 bits per heavy atom. The number of nitrogens with one attached hydrogen (secondary N) is 1. The first-order chi connectivity index (χ1) is 8.10. The molecule has 5 heteroatoms. The van der Waals surface area contributed by atoms with Gasteiger partial charge in [-0.2, -0.15) is 0 Å². The highest BCUT2D eigenvalue weighted by atomic mass is 32.2. The molecular weight excluding hydrogens is 238 g/mol. The summed E-state index contributed by atoms with van der Waals surface area (Å²) < 4.78 is 31.1. The summed E-state index contributed by atoms with van der Waals surface area (Å²) in [5.41, 5.74) is 1.13. The molecule has 0 unspecified atom stereocenters. The second kappa shape index (κ2) is 6.74. The third-order valence-corrected chi connectivity index (χ3v) is 3.94. The summed E-state index contributed by atoms with van der Waals surface area (Å²) in [6, 6.07) is 6.95. The molecule has 0 fully saturated rings. The molecule has 4 nitrogen and oxygen atoms in total. The molecule has 0 bridgehead atoms. The highest BCUT2D eigenvalue weighted by Gasteiger charge is 2.12. The summed E-state index contributed by atoms with van der Waals surface area (Å²) >= 11 is 0. The lowest BCUT2D eigenvalue weighted by Gasteiger charge is -2.07. The fraction of sp³-hybridized carbons (Fsp3) is 0.500. The molecule has 0 amide bonds. The zero-order valence-electron chi connectivity index (χ0n) is 10.3. The van der Waals surface area contributed by atoms with Crippen molar-refractivity contribution in [3.05, 3.63) is 29.8 Å². The molecule has 0 heterocycles. The van der Waals surface area contributed by atoms with Gasteiger partial charge in [-0.3, -0.25) is 0 Å². The van der Waals surface area contributed by atoms with Crippen LogP contribution in [0.3, 0.4) is 0 Å². The molecule has 0 radical (unpaired) electrons. The summed E-state index contributed by atoms with van der Waals surface area (Å²) in [7, 11) is -1.78. The fourth-order valence-corrected chi connectivity index (χ4v) is 2.48. The molecule has 0 saturated heterocycles. The molecule has 0 aliphatic carbocycles. The van der Waals surface area contributed by atoms with E-state index in [0.29, 0.717) is 24.5 Å². The fourth-order valence-electron chi connectivity index (χ4n) is 1.41. The van der Waals surface area contributed by atoms with E-state index in [4.69, 9.17) is 4.74 Å². The minimum absolute atomic E-state index is 0.312. The maximum Gasteiger partial charge on any atom is 0.240 e. The van der Waals surface area contributed by atoms with E-state index in [1.807, 2.05) is 19.1 Å². The number of hydrogen-bond donors (Lipinski definition) is 1. The van der Waals surface area contributed by atoms with E-state index < -0.39 is 10.0 Å². The van der Waals surface area contributed by atoms with Crippen LogP contribution in [0.5, 0.6) is 0 Å². The highest BCUT2D eigenvalue weighted by Crippen LogP contribution is 2.10. The summed E-state index contributed by atoms with van der Waals surface area (Å²) in [6.45, 7) is 2.98. The lowest BCUT2D eigenvalue weighted by molar-refractivity contribution is 0.196. The molecule has 1 N–H and O–H groups in total. The van der Waals surface area contributed by atoms with Crippen molar-refractivity contribution in [1.82, 2.24) is 4.72 Å². The van der Waals surface area contributed by atoms with Gasteiger partial charge in [0.2, 0.25) is 10.0 Å². The Morgan fingerprint density at radius 2 is 1.88 bits per heavy atom.